The van der Waals surface area contributed by atoms with Crippen LogP contribution in [-0.2, 0) is 6.61 Å². The van der Waals surface area contributed by atoms with Gasteiger partial charge in [0.05, 0.1) is 5.56 Å². The molecule has 0 aliphatic heterocycles. The number of hydrogen-bond donors (Lipinski definition) is 1. The van der Waals surface area contributed by atoms with Crippen LogP contribution in [0.25, 0.3) is 0 Å². The summed E-state index contributed by atoms with van der Waals surface area (Å²) in [6.45, 7) is 4.25. The third-order valence-corrected chi connectivity index (χ3v) is 3.10. The quantitative estimate of drug-likeness (QED) is 0.909. The van der Waals surface area contributed by atoms with Gasteiger partial charge in [-0.2, -0.15) is 0 Å². The molecule has 0 bridgehead atoms. The van der Waals surface area contributed by atoms with Crippen LogP contribution in [0.1, 0.15) is 27.0 Å². The normalized spacial score (nSPS) is 10.2. The molecule has 2 aromatic rings. The molecule has 0 fully saturated rings. The zero-order valence-electron chi connectivity index (χ0n) is 11.0. The fourth-order valence-electron chi connectivity index (χ4n) is 1.84. The van der Waals surface area contributed by atoms with E-state index in [4.69, 9.17) is 9.84 Å². The third kappa shape index (κ3) is 3.13. The number of carboxylic acid groups (broad SMARTS) is 1. The molecule has 2 rings (SSSR count). The van der Waals surface area contributed by atoms with Crippen molar-refractivity contribution in [1.82, 2.24) is 0 Å². The molecule has 19 heavy (non-hydrogen) atoms. The van der Waals surface area contributed by atoms with E-state index in [0.29, 0.717) is 12.4 Å². The summed E-state index contributed by atoms with van der Waals surface area (Å²) in [5.41, 5.74) is 3.20. The summed E-state index contributed by atoms with van der Waals surface area (Å²) >= 11 is 0. The number of aryl methyl sites for hydroxylation is 1. The van der Waals surface area contributed by atoms with Crippen molar-refractivity contribution in [3.05, 3.63) is 64.7 Å². The van der Waals surface area contributed by atoms with Crippen LogP contribution in [-0.4, -0.2) is 11.1 Å². The minimum Gasteiger partial charge on any atom is -0.489 e. The third-order valence-electron chi connectivity index (χ3n) is 3.10. The number of benzene rings is 2. The Hall–Kier alpha value is -2.29. The highest BCUT2D eigenvalue weighted by atomic mass is 16.5. The Labute approximate surface area is 112 Å². The molecular weight excluding hydrogens is 240 g/mol. The minimum atomic E-state index is -0.937. The van der Waals surface area contributed by atoms with E-state index < -0.39 is 5.97 Å². The summed E-state index contributed by atoms with van der Waals surface area (Å²) in [4.78, 5) is 11.0. The summed E-state index contributed by atoms with van der Waals surface area (Å²) in [5.74, 6) is -0.311. The maximum atomic E-state index is 11.0. The summed E-state index contributed by atoms with van der Waals surface area (Å²) in [6.07, 6.45) is 0. The molecule has 0 aliphatic carbocycles. The van der Waals surface area contributed by atoms with Gasteiger partial charge in [0.1, 0.15) is 12.4 Å². The first-order valence-electron chi connectivity index (χ1n) is 6.09. The van der Waals surface area contributed by atoms with Crippen LogP contribution in [0.4, 0.5) is 0 Å². The molecule has 0 unspecified atom stereocenters. The van der Waals surface area contributed by atoms with Gasteiger partial charge in [0.2, 0.25) is 0 Å². The molecule has 0 aliphatic rings. The maximum absolute atomic E-state index is 11.0. The van der Waals surface area contributed by atoms with Crippen molar-refractivity contribution < 1.29 is 14.6 Å². The number of carbonyl (C=O) groups is 1. The lowest BCUT2D eigenvalue weighted by atomic mass is 10.0. The first kappa shape index (κ1) is 13.1. The molecule has 0 amide bonds. The van der Waals surface area contributed by atoms with Crippen molar-refractivity contribution in [2.24, 2.45) is 0 Å². The standard InChI is InChI=1S/C16H16O3/c1-11-8-14(16(17)18)9-15(12(11)2)19-10-13-6-4-3-5-7-13/h3-9H,10H2,1-2H3,(H,17,18). The van der Waals surface area contributed by atoms with E-state index in [1.807, 2.05) is 44.2 Å². The van der Waals surface area contributed by atoms with Crippen molar-refractivity contribution in [1.29, 1.82) is 0 Å². The molecule has 0 saturated heterocycles. The first-order valence-corrected chi connectivity index (χ1v) is 6.09. The molecule has 0 saturated carbocycles. The molecule has 2 aromatic carbocycles. The Kier molecular flexibility index (Phi) is 3.85. The zero-order valence-corrected chi connectivity index (χ0v) is 11.0. The van der Waals surface area contributed by atoms with Crippen LogP contribution in [0.5, 0.6) is 5.75 Å². The predicted octanol–water partition coefficient (Wildman–Crippen LogP) is 3.58. The second-order valence-electron chi connectivity index (χ2n) is 4.50. The van der Waals surface area contributed by atoms with E-state index in [2.05, 4.69) is 0 Å². The van der Waals surface area contributed by atoms with Crippen LogP contribution in [0.2, 0.25) is 0 Å². The molecule has 98 valence electrons. The van der Waals surface area contributed by atoms with Crippen molar-refractivity contribution >= 4 is 5.97 Å². The molecule has 3 nitrogen and oxygen atoms in total. The maximum Gasteiger partial charge on any atom is 0.335 e. The lowest BCUT2D eigenvalue weighted by Crippen LogP contribution is -2.02. The lowest BCUT2D eigenvalue weighted by molar-refractivity contribution is 0.0696. The first-order chi connectivity index (χ1) is 9.08. The van der Waals surface area contributed by atoms with E-state index in [9.17, 15) is 4.79 Å². The van der Waals surface area contributed by atoms with Gasteiger partial charge in [0.25, 0.3) is 0 Å². The number of ether oxygens (including phenoxy) is 1. The van der Waals surface area contributed by atoms with Gasteiger partial charge >= 0.3 is 5.97 Å². The van der Waals surface area contributed by atoms with E-state index >= 15 is 0 Å². The SMILES string of the molecule is Cc1cc(C(=O)O)cc(OCc2ccccc2)c1C. The van der Waals surface area contributed by atoms with Gasteiger partial charge < -0.3 is 9.84 Å². The summed E-state index contributed by atoms with van der Waals surface area (Å²) in [7, 11) is 0. The molecular formula is C16H16O3. The fourth-order valence-corrected chi connectivity index (χ4v) is 1.84. The Balaban J connectivity index is 2.22. The van der Waals surface area contributed by atoms with Gasteiger partial charge in [-0.25, -0.2) is 4.79 Å². The van der Waals surface area contributed by atoms with Gasteiger partial charge in [0, 0.05) is 0 Å². The largest absolute Gasteiger partial charge is 0.489 e. The van der Waals surface area contributed by atoms with Crippen molar-refractivity contribution in [2.75, 3.05) is 0 Å². The van der Waals surface area contributed by atoms with Gasteiger partial charge in [0.15, 0.2) is 0 Å². The van der Waals surface area contributed by atoms with Gasteiger partial charge in [-0.3, -0.25) is 0 Å². The van der Waals surface area contributed by atoms with Crippen molar-refractivity contribution in [2.45, 2.75) is 20.5 Å². The Morgan fingerprint density at radius 1 is 1.16 bits per heavy atom. The Morgan fingerprint density at radius 3 is 2.47 bits per heavy atom. The van der Waals surface area contributed by atoms with Crippen LogP contribution >= 0.6 is 0 Å². The molecule has 0 spiro atoms. The Bertz CT molecular complexity index is 588. The second kappa shape index (κ2) is 5.57. The van der Waals surface area contributed by atoms with Crippen LogP contribution < -0.4 is 4.74 Å². The molecule has 3 heteroatoms. The van der Waals surface area contributed by atoms with E-state index in [1.54, 1.807) is 12.1 Å². The van der Waals surface area contributed by atoms with Gasteiger partial charge in [-0.1, -0.05) is 30.3 Å². The monoisotopic (exact) mass is 256 g/mol. The predicted molar refractivity (Wildman–Crippen MR) is 73.6 cm³/mol. The lowest BCUT2D eigenvalue weighted by Gasteiger charge is -2.12. The van der Waals surface area contributed by atoms with E-state index in [-0.39, 0.29) is 5.56 Å². The van der Waals surface area contributed by atoms with Gasteiger partial charge in [-0.15, -0.1) is 0 Å². The zero-order chi connectivity index (χ0) is 13.8. The van der Waals surface area contributed by atoms with Crippen molar-refractivity contribution in [3.63, 3.8) is 0 Å². The molecule has 0 aromatic heterocycles. The number of carboxylic acids is 1. The number of aromatic carboxylic acids is 1. The highest BCUT2D eigenvalue weighted by molar-refractivity contribution is 5.88. The van der Waals surface area contributed by atoms with Crippen LogP contribution in [0.15, 0.2) is 42.5 Å². The molecule has 0 heterocycles. The highest BCUT2D eigenvalue weighted by Gasteiger charge is 2.10. The topological polar surface area (TPSA) is 46.5 Å². The minimum absolute atomic E-state index is 0.256. The van der Waals surface area contributed by atoms with Gasteiger partial charge in [-0.05, 0) is 42.7 Å². The Morgan fingerprint density at radius 2 is 1.84 bits per heavy atom. The molecule has 0 radical (unpaired) electrons. The van der Waals surface area contributed by atoms with Crippen molar-refractivity contribution in [3.8, 4) is 5.75 Å². The molecule has 1 N–H and O–H groups in total. The molecule has 0 atom stereocenters. The number of hydrogen-bond acceptors (Lipinski definition) is 2. The van der Waals surface area contributed by atoms with E-state index in [0.717, 1.165) is 16.7 Å². The second-order valence-corrected chi connectivity index (χ2v) is 4.50. The average Bonchev–Trinajstić information content (AvgIpc) is 2.41. The smallest absolute Gasteiger partial charge is 0.335 e. The summed E-state index contributed by atoms with van der Waals surface area (Å²) in [5, 5.41) is 9.05. The summed E-state index contributed by atoms with van der Waals surface area (Å²) in [6, 6.07) is 13.0. The summed E-state index contributed by atoms with van der Waals surface area (Å²) < 4.78 is 5.73. The fraction of sp³-hybridized carbons (Fsp3) is 0.188. The van der Waals surface area contributed by atoms with Crippen LogP contribution in [0.3, 0.4) is 0 Å². The highest BCUT2D eigenvalue weighted by Crippen LogP contribution is 2.24. The van der Waals surface area contributed by atoms with Crippen LogP contribution in [0, 0.1) is 13.8 Å². The number of rotatable bonds is 4. The average molecular weight is 256 g/mol. The van der Waals surface area contributed by atoms with E-state index in [1.165, 1.54) is 0 Å².